The topological polar surface area (TPSA) is 112 Å². The summed E-state index contributed by atoms with van der Waals surface area (Å²) in [7, 11) is 0. The van der Waals surface area contributed by atoms with Crippen molar-refractivity contribution in [2.75, 3.05) is 26.2 Å². The summed E-state index contributed by atoms with van der Waals surface area (Å²) >= 11 is 0. The summed E-state index contributed by atoms with van der Waals surface area (Å²) < 4.78 is 0.590. The van der Waals surface area contributed by atoms with Crippen LogP contribution in [-0.4, -0.2) is 63.9 Å². The Labute approximate surface area is 194 Å². The molecule has 3 unspecified atom stereocenters. The van der Waals surface area contributed by atoms with E-state index in [1.165, 1.54) is 12.8 Å². The largest absolute Gasteiger partial charge is 0.481 e. The number of quaternary nitrogens is 1. The number of carboxylic acids is 3. The standard InChI is InChI=1S/C25H45NO6/c1-5-6-7-8-9-10-11-12-16-26(17-13-20(2)23(27)28,18-14-21(3)24(29)30)19-15-22(4)25(31)32/h8-9,20-22H,5-7,10-19H2,1-4H3,(H2-,27,28,29,30,31,32)/p+1/b9-8+. The Kier molecular flexibility index (Phi) is 15.7. The van der Waals surface area contributed by atoms with E-state index >= 15 is 0 Å². The van der Waals surface area contributed by atoms with E-state index in [1.807, 2.05) is 0 Å². The van der Waals surface area contributed by atoms with Crippen molar-refractivity contribution in [1.29, 1.82) is 0 Å². The maximum Gasteiger partial charge on any atom is 0.306 e. The molecule has 0 saturated heterocycles. The van der Waals surface area contributed by atoms with Gasteiger partial charge >= 0.3 is 17.9 Å². The molecule has 0 aliphatic rings. The molecule has 0 spiro atoms. The fourth-order valence-corrected chi connectivity index (χ4v) is 3.71. The van der Waals surface area contributed by atoms with Crippen molar-refractivity contribution in [2.45, 2.75) is 85.5 Å². The molecule has 0 saturated carbocycles. The number of carbonyl (C=O) groups is 3. The molecule has 0 fully saturated rings. The van der Waals surface area contributed by atoms with Gasteiger partial charge in [0.1, 0.15) is 0 Å². The zero-order chi connectivity index (χ0) is 24.6. The maximum absolute atomic E-state index is 11.4. The van der Waals surface area contributed by atoms with Gasteiger partial charge in [-0.1, -0.05) is 52.7 Å². The third-order valence-electron chi connectivity index (χ3n) is 6.52. The molecular formula is C25H46NO6+. The second-order valence-electron chi connectivity index (χ2n) is 9.43. The number of allylic oxidation sites excluding steroid dienone is 2. The molecule has 186 valence electrons. The molecule has 0 aliphatic heterocycles. The van der Waals surface area contributed by atoms with Crippen molar-refractivity contribution in [3.63, 3.8) is 0 Å². The minimum absolute atomic E-state index is 0.484. The highest BCUT2D eigenvalue weighted by atomic mass is 16.4. The fraction of sp³-hybridized carbons (Fsp3) is 0.800. The van der Waals surface area contributed by atoms with E-state index < -0.39 is 35.7 Å². The first-order valence-electron chi connectivity index (χ1n) is 12.2. The van der Waals surface area contributed by atoms with Crippen LogP contribution < -0.4 is 0 Å². The van der Waals surface area contributed by atoms with E-state index in [-0.39, 0.29) is 0 Å². The van der Waals surface area contributed by atoms with Gasteiger partial charge in [-0.15, -0.1) is 0 Å². The third-order valence-corrected chi connectivity index (χ3v) is 6.52. The first kappa shape index (κ1) is 30.1. The predicted molar refractivity (Wildman–Crippen MR) is 126 cm³/mol. The summed E-state index contributed by atoms with van der Waals surface area (Å²) in [6.07, 6.45) is 12.4. The molecule has 7 heteroatoms. The lowest BCUT2D eigenvalue weighted by Gasteiger charge is -2.40. The van der Waals surface area contributed by atoms with Gasteiger partial charge in [-0.2, -0.15) is 0 Å². The second kappa shape index (κ2) is 16.7. The fourth-order valence-electron chi connectivity index (χ4n) is 3.71. The SMILES string of the molecule is CCCC/C=C/CCCC[N+](CCC(C)C(=O)O)(CCC(C)C(=O)O)CCC(C)C(=O)O. The molecule has 0 aromatic carbocycles. The monoisotopic (exact) mass is 456 g/mol. The van der Waals surface area contributed by atoms with Gasteiger partial charge in [0.25, 0.3) is 0 Å². The molecule has 0 aliphatic carbocycles. The van der Waals surface area contributed by atoms with E-state index in [1.54, 1.807) is 20.8 Å². The van der Waals surface area contributed by atoms with Crippen molar-refractivity contribution < 1.29 is 34.2 Å². The lowest BCUT2D eigenvalue weighted by atomic mass is 10.0. The number of hydrogen-bond donors (Lipinski definition) is 3. The smallest absolute Gasteiger partial charge is 0.306 e. The van der Waals surface area contributed by atoms with Gasteiger partial charge in [-0.25, -0.2) is 0 Å². The van der Waals surface area contributed by atoms with Crippen LogP contribution in [0.2, 0.25) is 0 Å². The lowest BCUT2D eigenvalue weighted by Crippen LogP contribution is -2.52. The van der Waals surface area contributed by atoms with Crippen LogP contribution in [0.1, 0.15) is 85.5 Å². The van der Waals surface area contributed by atoms with Crippen LogP contribution in [0.5, 0.6) is 0 Å². The summed E-state index contributed by atoms with van der Waals surface area (Å²) in [5.74, 6) is -3.96. The number of unbranched alkanes of at least 4 members (excludes halogenated alkanes) is 4. The Bertz CT molecular complexity index is 529. The highest BCUT2D eigenvalue weighted by Crippen LogP contribution is 2.21. The first-order chi connectivity index (χ1) is 15.0. The average Bonchev–Trinajstić information content (AvgIpc) is 2.75. The number of rotatable bonds is 20. The molecule has 0 aromatic rings. The van der Waals surface area contributed by atoms with Crippen LogP contribution in [0, 0.1) is 17.8 Å². The van der Waals surface area contributed by atoms with E-state index in [2.05, 4.69) is 19.1 Å². The molecule has 7 nitrogen and oxygen atoms in total. The summed E-state index contributed by atoms with van der Waals surface area (Å²) in [4.78, 5) is 34.1. The summed E-state index contributed by atoms with van der Waals surface area (Å²) in [6.45, 7) is 9.93. The molecule has 0 bridgehead atoms. The summed E-state index contributed by atoms with van der Waals surface area (Å²) in [6, 6.07) is 0. The van der Waals surface area contributed by atoms with Gasteiger partial charge in [0.2, 0.25) is 0 Å². The molecule has 0 heterocycles. The highest BCUT2D eigenvalue weighted by molar-refractivity contribution is 5.70. The summed E-state index contributed by atoms with van der Waals surface area (Å²) in [5.41, 5.74) is 0. The molecule has 0 radical (unpaired) electrons. The molecule has 0 rings (SSSR count). The van der Waals surface area contributed by atoms with Gasteiger partial charge < -0.3 is 19.8 Å². The minimum atomic E-state index is -0.835. The summed E-state index contributed by atoms with van der Waals surface area (Å²) in [5, 5.41) is 28.0. The number of aliphatic carboxylic acids is 3. The van der Waals surface area contributed by atoms with Crippen LogP contribution in [0.4, 0.5) is 0 Å². The first-order valence-corrected chi connectivity index (χ1v) is 12.2. The Morgan fingerprint density at radius 3 is 1.38 bits per heavy atom. The zero-order valence-electron chi connectivity index (χ0n) is 20.6. The van der Waals surface area contributed by atoms with E-state index in [0.29, 0.717) is 43.4 Å². The minimum Gasteiger partial charge on any atom is -0.481 e. The second-order valence-corrected chi connectivity index (χ2v) is 9.43. The third kappa shape index (κ3) is 13.5. The molecule has 0 aromatic heterocycles. The Morgan fingerprint density at radius 2 is 1.03 bits per heavy atom. The molecule has 0 amide bonds. The van der Waals surface area contributed by atoms with Gasteiger partial charge in [-0.3, -0.25) is 14.4 Å². The van der Waals surface area contributed by atoms with Crippen LogP contribution in [-0.2, 0) is 14.4 Å². The van der Waals surface area contributed by atoms with Crippen molar-refractivity contribution in [3.05, 3.63) is 12.2 Å². The normalized spacial score (nSPS) is 16.4. The van der Waals surface area contributed by atoms with Crippen molar-refractivity contribution >= 4 is 17.9 Å². The van der Waals surface area contributed by atoms with Gasteiger partial charge in [0.05, 0.1) is 43.9 Å². The molecule has 3 atom stereocenters. The molecule has 32 heavy (non-hydrogen) atoms. The molecule has 3 N–H and O–H groups in total. The Hall–Kier alpha value is -1.89. The van der Waals surface area contributed by atoms with Gasteiger partial charge in [0.15, 0.2) is 0 Å². The molecular weight excluding hydrogens is 410 g/mol. The zero-order valence-corrected chi connectivity index (χ0v) is 20.6. The van der Waals surface area contributed by atoms with Crippen molar-refractivity contribution in [2.24, 2.45) is 17.8 Å². The van der Waals surface area contributed by atoms with Gasteiger partial charge in [0, 0.05) is 19.3 Å². The maximum atomic E-state index is 11.4. The number of carboxylic acid groups (broad SMARTS) is 3. The van der Waals surface area contributed by atoms with Crippen LogP contribution in [0.25, 0.3) is 0 Å². The van der Waals surface area contributed by atoms with Crippen molar-refractivity contribution in [1.82, 2.24) is 0 Å². The number of hydrogen-bond acceptors (Lipinski definition) is 3. The van der Waals surface area contributed by atoms with Crippen LogP contribution >= 0.6 is 0 Å². The van der Waals surface area contributed by atoms with Crippen molar-refractivity contribution in [3.8, 4) is 0 Å². The van der Waals surface area contributed by atoms with E-state index in [9.17, 15) is 29.7 Å². The lowest BCUT2D eigenvalue weighted by molar-refractivity contribution is -0.929. The van der Waals surface area contributed by atoms with Gasteiger partial charge in [-0.05, 0) is 25.7 Å². The van der Waals surface area contributed by atoms with Crippen LogP contribution in [0.3, 0.4) is 0 Å². The van der Waals surface area contributed by atoms with E-state index in [4.69, 9.17) is 0 Å². The number of nitrogens with zero attached hydrogens (tertiary/aromatic N) is 1. The van der Waals surface area contributed by atoms with Crippen LogP contribution in [0.15, 0.2) is 12.2 Å². The van der Waals surface area contributed by atoms with E-state index in [0.717, 1.165) is 32.2 Å². The quantitative estimate of drug-likeness (QED) is 0.134. The average molecular weight is 457 g/mol. The Morgan fingerprint density at radius 1 is 0.656 bits per heavy atom. The predicted octanol–water partition coefficient (Wildman–Crippen LogP) is 5.05. The Balaban J connectivity index is 5.28. The highest BCUT2D eigenvalue weighted by Gasteiger charge is 2.31.